The smallest absolute Gasteiger partial charge is 0.177 e. The molecule has 0 aliphatic rings. The fourth-order valence-electron chi connectivity index (χ4n) is 1.47. The fourth-order valence-corrected chi connectivity index (χ4v) is 1.90. The first kappa shape index (κ1) is 10.5. The van der Waals surface area contributed by atoms with Crippen LogP contribution in [0.3, 0.4) is 0 Å². The standard InChI is InChI=1S/C11H11ClN2S/c12-10-3-1-2-9(8-10)4-6-14-7-5-13-11(14)15/h1-3,5,7-8H,4,6H2,(H,13,15). The van der Waals surface area contributed by atoms with Gasteiger partial charge in [0.15, 0.2) is 4.77 Å². The number of halogens is 1. The van der Waals surface area contributed by atoms with Gasteiger partial charge in [-0.05, 0) is 36.3 Å². The third kappa shape index (κ3) is 2.70. The molecule has 0 amide bonds. The SMILES string of the molecule is S=c1[nH]ccn1CCc1cccc(Cl)c1. The topological polar surface area (TPSA) is 20.7 Å². The van der Waals surface area contributed by atoms with E-state index in [-0.39, 0.29) is 0 Å². The van der Waals surface area contributed by atoms with E-state index < -0.39 is 0 Å². The van der Waals surface area contributed by atoms with E-state index in [0.29, 0.717) is 0 Å². The number of hydrogen-bond donors (Lipinski definition) is 1. The second kappa shape index (κ2) is 4.64. The van der Waals surface area contributed by atoms with E-state index in [2.05, 4.69) is 11.1 Å². The van der Waals surface area contributed by atoms with Gasteiger partial charge in [0, 0.05) is 24.0 Å². The van der Waals surface area contributed by atoms with Crippen molar-refractivity contribution >= 4 is 23.8 Å². The summed E-state index contributed by atoms with van der Waals surface area (Å²) in [5.74, 6) is 0. The Hall–Kier alpha value is -1.06. The van der Waals surface area contributed by atoms with Crippen LogP contribution in [0.4, 0.5) is 0 Å². The number of benzene rings is 1. The summed E-state index contributed by atoms with van der Waals surface area (Å²) < 4.78 is 2.77. The minimum Gasteiger partial charge on any atom is -0.337 e. The molecule has 0 atom stereocenters. The largest absolute Gasteiger partial charge is 0.337 e. The summed E-state index contributed by atoms with van der Waals surface area (Å²) in [4.78, 5) is 2.97. The van der Waals surface area contributed by atoms with Gasteiger partial charge in [0.1, 0.15) is 0 Å². The van der Waals surface area contributed by atoms with Crippen LogP contribution in [0.5, 0.6) is 0 Å². The normalized spacial score (nSPS) is 10.5. The lowest BCUT2D eigenvalue weighted by molar-refractivity contribution is 0.687. The number of imidazole rings is 1. The number of H-pyrrole nitrogens is 1. The zero-order chi connectivity index (χ0) is 10.7. The zero-order valence-corrected chi connectivity index (χ0v) is 9.68. The van der Waals surface area contributed by atoms with Gasteiger partial charge in [-0.2, -0.15) is 0 Å². The van der Waals surface area contributed by atoms with E-state index in [1.165, 1.54) is 5.56 Å². The van der Waals surface area contributed by atoms with E-state index in [4.69, 9.17) is 23.8 Å². The van der Waals surface area contributed by atoms with Crippen LogP contribution >= 0.6 is 23.8 Å². The molecular formula is C11H11ClN2S. The Balaban J connectivity index is 2.05. The molecule has 1 aromatic heterocycles. The van der Waals surface area contributed by atoms with Crippen molar-refractivity contribution in [3.8, 4) is 0 Å². The number of aryl methyl sites for hydroxylation is 2. The highest BCUT2D eigenvalue weighted by molar-refractivity contribution is 7.71. The second-order valence-corrected chi connectivity index (χ2v) is 4.16. The minimum absolute atomic E-state index is 0.761. The van der Waals surface area contributed by atoms with Crippen LogP contribution in [0.25, 0.3) is 0 Å². The molecule has 0 fully saturated rings. The summed E-state index contributed by atoms with van der Waals surface area (Å²) in [5.41, 5.74) is 1.23. The van der Waals surface area contributed by atoms with Crippen molar-refractivity contribution in [1.82, 2.24) is 9.55 Å². The zero-order valence-electron chi connectivity index (χ0n) is 8.11. The lowest BCUT2D eigenvalue weighted by Crippen LogP contribution is -1.99. The maximum Gasteiger partial charge on any atom is 0.177 e. The van der Waals surface area contributed by atoms with Gasteiger partial charge >= 0.3 is 0 Å². The first-order valence-corrected chi connectivity index (χ1v) is 5.52. The molecule has 0 unspecified atom stereocenters. The Labute approximate surface area is 98.5 Å². The third-order valence-corrected chi connectivity index (χ3v) is 2.84. The third-order valence-electron chi connectivity index (χ3n) is 2.25. The maximum absolute atomic E-state index is 5.90. The van der Waals surface area contributed by atoms with Crippen molar-refractivity contribution < 1.29 is 0 Å². The van der Waals surface area contributed by atoms with Crippen molar-refractivity contribution in [2.45, 2.75) is 13.0 Å². The van der Waals surface area contributed by atoms with Gasteiger partial charge in [-0.15, -0.1) is 0 Å². The van der Waals surface area contributed by atoms with Crippen LogP contribution in [0.15, 0.2) is 36.7 Å². The number of nitrogens with one attached hydrogen (secondary N) is 1. The molecule has 2 nitrogen and oxygen atoms in total. The Morgan fingerprint density at radius 3 is 2.93 bits per heavy atom. The van der Waals surface area contributed by atoms with Gasteiger partial charge in [0.25, 0.3) is 0 Å². The van der Waals surface area contributed by atoms with Crippen molar-refractivity contribution in [3.05, 3.63) is 52.0 Å². The van der Waals surface area contributed by atoms with Crippen LogP contribution < -0.4 is 0 Å². The molecule has 1 N–H and O–H groups in total. The molecule has 78 valence electrons. The van der Waals surface area contributed by atoms with Crippen molar-refractivity contribution in [3.63, 3.8) is 0 Å². The van der Waals surface area contributed by atoms with E-state index in [1.54, 1.807) is 0 Å². The van der Waals surface area contributed by atoms with Gasteiger partial charge in [-0.25, -0.2) is 0 Å². The molecule has 2 rings (SSSR count). The highest BCUT2D eigenvalue weighted by Gasteiger charge is 1.96. The molecule has 1 aromatic carbocycles. The fraction of sp³-hybridized carbons (Fsp3) is 0.182. The predicted octanol–water partition coefficient (Wildman–Crippen LogP) is 3.44. The summed E-state index contributed by atoms with van der Waals surface area (Å²) in [5, 5.41) is 0.783. The molecule has 0 saturated carbocycles. The number of aromatic nitrogens is 2. The average molecular weight is 239 g/mol. The van der Waals surface area contributed by atoms with Crippen molar-refractivity contribution in [1.29, 1.82) is 0 Å². The monoisotopic (exact) mass is 238 g/mol. The van der Waals surface area contributed by atoms with Crippen LogP contribution in [0.1, 0.15) is 5.56 Å². The lowest BCUT2D eigenvalue weighted by atomic mass is 10.1. The Morgan fingerprint density at radius 2 is 2.27 bits per heavy atom. The summed E-state index contributed by atoms with van der Waals surface area (Å²) >= 11 is 11.0. The number of nitrogens with zero attached hydrogens (tertiary/aromatic N) is 1. The van der Waals surface area contributed by atoms with E-state index in [0.717, 1.165) is 22.8 Å². The number of hydrogen-bond acceptors (Lipinski definition) is 1. The molecule has 4 heteroatoms. The molecule has 2 aromatic rings. The second-order valence-electron chi connectivity index (χ2n) is 3.34. The summed E-state index contributed by atoms with van der Waals surface area (Å²) in [6.07, 6.45) is 4.74. The first-order valence-electron chi connectivity index (χ1n) is 4.74. The molecule has 0 aliphatic carbocycles. The van der Waals surface area contributed by atoms with Crippen LogP contribution in [0, 0.1) is 4.77 Å². The van der Waals surface area contributed by atoms with Gasteiger partial charge < -0.3 is 9.55 Å². The molecule has 0 spiro atoms. The number of aromatic amines is 1. The Bertz CT molecular complexity index is 501. The molecule has 15 heavy (non-hydrogen) atoms. The molecule has 0 saturated heterocycles. The quantitative estimate of drug-likeness (QED) is 0.813. The molecule has 1 heterocycles. The van der Waals surface area contributed by atoms with E-state index in [9.17, 15) is 0 Å². The minimum atomic E-state index is 0.761. The molecule has 0 bridgehead atoms. The summed E-state index contributed by atoms with van der Waals surface area (Å²) in [6.45, 7) is 0.878. The summed E-state index contributed by atoms with van der Waals surface area (Å²) in [7, 11) is 0. The van der Waals surface area contributed by atoms with Crippen molar-refractivity contribution in [2.24, 2.45) is 0 Å². The van der Waals surface area contributed by atoms with Crippen LogP contribution in [0.2, 0.25) is 5.02 Å². The Kier molecular flexibility index (Phi) is 3.23. The molecule has 0 radical (unpaired) electrons. The maximum atomic E-state index is 5.90. The highest BCUT2D eigenvalue weighted by atomic mass is 35.5. The highest BCUT2D eigenvalue weighted by Crippen LogP contribution is 2.11. The summed E-state index contributed by atoms with van der Waals surface area (Å²) in [6, 6.07) is 7.90. The van der Waals surface area contributed by atoms with Gasteiger partial charge in [0.05, 0.1) is 0 Å². The van der Waals surface area contributed by atoms with E-state index in [1.807, 2.05) is 35.2 Å². The van der Waals surface area contributed by atoms with Crippen LogP contribution in [-0.4, -0.2) is 9.55 Å². The average Bonchev–Trinajstić information content (AvgIpc) is 2.61. The molecular weight excluding hydrogens is 228 g/mol. The molecule has 0 aliphatic heterocycles. The Morgan fingerprint density at radius 1 is 1.40 bits per heavy atom. The lowest BCUT2D eigenvalue weighted by Gasteiger charge is -2.03. The van der Waals surface area contributed by atoms with E-state index >= 15 is 0 Å². The predicted molar refractivity (Wildman–Crippen MR) is 64.8 cm³/mol. The van der Waals surface area contributed by atoms with Gasteiger partial charge in [-0.3, -0.25) is 0 Å². The van der Waals surface area contributed by atoms with Gasteiger partial charge in [0.2, 0.25) is 0 Å². The van der Waals surface area contributed by atoms with Crippen molar-refractivity contribution in [2.75, 3.05) is 0 Å². The van der Waals surface area contributed by atoms with Crippen LogP contribution in [-0.2, 0) is 13.0 Å². The first-order chi connectivity index (χ1) is 7.25. The van der Waals surface area contributed by atoms with Gasteiger partial charge in [-0.1, -0.05) is 23.7 Å². The number of rotatable bonds is 3.